The van der Waals surface area contributed by atoms with Gasteiger partial charge in [-0.2, -0.15) is 0 Å². The number of ether oxygens (including phenoxy) is 1. The summed E-state index contributed by atoms with van der Waals surface area (Å²) in [6.07, 6.45) is 4.16. The normalized spacial score (nSPS) is 21.4. The van der Waals surface area contributed by atoms with Crippen molar-refractivity contribution in [3.8, 4) is 0 Å². The first kappa shape index (κ1) is 19.1. The number of rotatable bonds is 3. The van der Waals surface area contributed by atoms with Crippen LogP contribution in [0, 0.1) is 0 Å². The maximum absolute atomic E-state index is 12.5. The number of pyridine rings is 1. The van der Waals surface area contributed by atoms with Crippen molar-refractivity contribution in [2.24, 2.45) is 4.99 Å². The molecular formula is C20H26N4O3. The molecule has 0 bridgehead atoms. The number of hydrogen-bond acceptors (Lipinski definition) is 6. The molecule has 1 aromatic heterocycles. The summed E-state index contributed by atoms with van der Waals surface area (Å²) in [4.78, 5) is 37.3. The van der Waals surface area contributed by atoms with E-state index in [4.69, 9.17) is 9.72 Å². The zero-order chi connectivity index (χ0) is 19.7. The number of hydrogen-bond donors (Lipinski definition) is 0. The van der Waals surface area contributed by atoms with Crippen LogP contribution < -0.4 is 9.80 Å². The van der Waals surface area contributed by atoms with Crippen LogP contribution in [0.3, 0.4) is 0 Å². The number of nitrogens with zero attached hydrogens (tertiary/aromatic N) is 4. The number of carbonyl (C=O) groups is 2. The molecule has 0 spiro atoms. The van der Waals surface area contributed by atoms with Gasteiger partial charge in [0, 0.05) is 24.4 Å². The minimum absolute atomic E-state index is 0.0509. The number of fused-ring (bicyclic) bond motifs is 1. The van der Waals surface area contributed by atoms with Crippen LogP contribution in [0.2, 0.25) is 0 Å². The molecule has 0 radical (unpaired) electrons. The van der Waals surface area contributed by atoms with Gasteiger partial charge in [0.15, 0.2) is 11.6 Å². The Balaban J connectivity index is 2.00. The second-order valence-corrected chi connectivity index (χ2v) is 7.20. The number of methoxy groups -OCH3 is 1. The largest absolute Gasteiger partial charge is 0.466 e. The minimum atomic E-state index is -0.305. The van der Waals surface area contributed by atoms with Crippen LogP contribution in [0.25, 0.3) is 0 Å². The van der Waals surface area contributed by atoms with Gasteiger partial charge in [0.2, 0.25) is 5.91 Å². The van der Waals surface area contributed by atoms with Crippen molar-refractivity contribution >= 4 is 34.9 Å². The van der Waals surface area contributed by atoms with Gasteiger partial charge in [-0.25, -0.2) is 14.8 Å². The number of aliphatic imine (C=N–C) groups is 1. The molecule has 1 atom stereocenters. The van der Waals surface area contributed by atoms with Crippen molar-refractivity contribution in [3.05, 3.63) is 23.8 Å². The van der Waals surface area contributed by atoms with Crippen molar-refractivity contribution in [2.45, 2.75) is 52.1 Å². The molecule has 1 aliphatic heterocycles. The lowest BCUT2D eigenvalue weighted by atomic mass is 9.98. The summed E-state index contributed by atoms with van der Waals surface area (Å²) in [7, 11) is 3.16. The van der Waals surface area contributed by atoms with E-state index < -0.39 is 0 Å². The fraction of sp³-hybridized carbons (Fsp3) is 0.500. The zero-order valence-electron chi connectivity index (χ0n) is 16.5. The van der Waals surface area contributed by atoms with Gasteiger partial charge in [0.1, 0.15) is 6.04 Å². The summed E-state index contributed by atoms with van der Waals surface area (Å²) in [6, 6.07) is 3.55. The molecule has 3 rings (SSSR count). The number of amides is 1. The lowest BCUT2D eigenvalue weighted by Crippen LogP contribution is -2.53. The highest BCUT2D eigenvalue weighted by Gasteiger charge is 2.36. The zero-order valence-corrected chi connectivity index (χ0v) is 16.5. The second kappa shape index (κ2) is 7.50. The number of anilines is 2. The first-order chi connectivity index (χ1) is 12.8. The number of carbonyl (C=O) groups excluding carboxylic acids is 2. The second-order valence-electron chi connectivity index (χ2n) is 7.20. The van der Waals surface area contributed by atoms with Gasteiger partial charge in [0.05, 0.1) is 12.8 Å². The summed E-state index contributed by atoms with van der Waals surface area (Å²) in [5.41, 5.74) is 2.24. The number of aromatic nitrogens is 1. The van der Waals surface area contributed by atoms with Gasteiger partial charge in [-0.3, -0.25) is 4.79 Å². The highest BCUT2D eigenvalue weighted by molar-refractivity contribution is 6.05. The average molecular weight is 370 g/mol. The average Bonchev–Trinajstić information content (AvgIpc) is 2.65. The molecule has 1 aliphatic carbocycles. The predicted molar refractivity (Wildman–Crippen MR) is 106 cm³/mol. The molecule has 2 heterocycles. The lowest BCUT2D eigenvalue weighted by molar-refractivity contribution is -0.136. The van der Waals surface area contributed by atoms with E-state index >= 15 is 0 Å². The first-order valence-corrected chi connectivity index (χ1v) is 9.27. The Morgan fingerprint density at radius 2 is 2.07 bits per heavy atom. The molecule has 7 nitrogen and oxygen atoms in total. The molecule has 1 unspecified atom stereocenters. The van der Waals surface area contributed by atoms with Crippen LogP contribution in [0.5, 0.6) is 0 Å². The van der Waals surface area contributed by atoms with Gasteiger partial charge in [-0.05, 0) is 58.2 Å². The van der Waals surface area contributed by atoms with E-state index in [1.54, 1.807) is 18.0 Å². The quantitative estimate of drug-likeness (QED) is 0.765. The summed E-state index contributed by atoms with van der Waals surface area (Å²) in [6.45, 7) is 5.99. The van der Waals surface area contributed by atoms with E-state index in [2.05, 4.69) is 4.99 Å². The third kappa shape index (κ3) is 3.59. The maximum Gasteiger partial charge on any atom is 0.333 e. The molecule has 144 valence electrons. The van der Waals surface area contributed by atoms with Gasteiger partial charge in [-0.15, -0.1) is 0 Å². The number of allylic oxidation sites excluding steroid dienone is 1. The maximum atomic E-state index is 12.5. The van der Waals surface area contributed by atoms with Crippen LogP contribution in [0.1, 0.15) is 40.0 Å². The highest BCUT2D eigenvalue weighted by atomic mass is 16.5. The Kier molecular flexibility index (Phi) is 5.30. The van der Waals surface area contributed by atoms with Crippen LogP contribution in [0.15, 0.2) is 28.8 Å². The Bertz CT molecular complexity index is 829. The summed E-state index contributed by atoms with van der Waals surface area (Å²) < 4.78 is 4.81. The Morgan fingerprint density at radius 1 is 1.33 bits per heavy atom. The van der Waals surface area contributed by atoms with Gasteiger partial charge < -0.3 is 14.5 Å². The van der Waals surface area contributed by atoms with Crippen LogP contribution in [-0.2, 0) is 14.3 Å². The molecule has 2 aliphatic rings. The third-order valence-electron chi connectivity index (χ3n) is 5.03. The summed E-state index contributed by atoms with van der Waals surface area (Å²) in [5, 5.41) is 0. The Labute approximate surface area is 159 Å². The molecule has 1 amide bonds. The van der Waals surface area contributed by atoms with Gasteiger partial charge in [-0.1, -0.05) is 0 Å². The third-order valence-corrected chi connectivity index (χ3v) is 5.03. The number of esters is 1. The van der Waals surface area contributed by atoms with E-state index in [-0.39, 0.29) is 24.0 Å². The van der Waals surface area contributed by atoms with E-state index in [0.29, 0.717) is 17.8 Å². The van der Waals surface area contributed by atoms with Crippen molar-refractivity contribution in [3.63, 3.8) is 0 Å². The fourth-order valence-electron chi connectivity index (χ4n) is 3.67. The van der Waals surface area contributed by atoms with E-state index in [0.717, 1.165) is 30.1 Å². The minimum Gasteiger partial charge on any atom is -0.466 e. The summed E-state index contributed by atoms with van der Waals surface area (Å²) in [5.74, 6) is 1.08. The van der Waals surface area contributed by atoms with Crippen LogP contribution in [0.4, 0.5) is 17.3 Å². The molecule has 27 heavy (non-hydrogen) atoms. The molecule has 0 aromatic carbocycles. The summed E-state index contributed by atoms with van der Waals surface area (Å²) >= 11 is 0. The van der Waals surface area contributed by atoms with Crippen LogP contribution in [-0.4, -0.2) is 48.8 Å². The lowest BCUT2D eigenvalue weighted by Gasteiger charge is -2.41. The molecular weight excluding hydrogens is 344 g/mol. The monoisotopic (exact) mass is 370 g/mol. The van der Waals surface area contributed by atoms with Crippen molar-refractivity contribution in [1.29, 1.82) is 0 Å². The molecule has 0 saturated carbocycles. The Hall–Kier alpha value is -2.70. The van der Waals surface area contributed by atoms with E-state index in [1.165, 1.54) is 7.11 Å². The molecule has 0 N–H and O–H groups in total. The SMILES string of the molecule is COC(=O)C1=CC(=Nc2ccc3c(n2)N(C(C)C)C(C)C(=O)N3C)CCC1. The fourth-order valence-corrected chi connectivity index (χ4v) is 3.67. The molecule has 0 saturated heterocycles. The number of likely N-dealkylation sites (N-methyl/N-ethyl adjacent to an activating group) is 1. The standard InChI is InChI=1S/C20H26N4O3/c1-12(2)24-13(3)19(25)23(4)16-9-10-17(22-18(16)24)21-15-8-6-7-14(11-15)20(26)27-5/h9-13H,6-8H2,1-5H3. The molecule has 1 aromatic rings. The van der Waals surface area contributed by atoms with Crippen molar-refractivity contribution in [2.75, 3.05) is 24.0 Å². The first-order valence-electron chi connectivity index (χ1n) is 9.27. The van der Waals surface area contributed by atoms with Gasteiger partial charge in [0.25, 0.3) is 0 Å². The topological polar surface area (TPSA) is 75.1 Å². The smallest absolute Gasteiger partial charge is 0.333 e. The van der Waals surface area contributed by atoms with E-state index in [9.17, 15) is 9.59 Å². The molecule has 7 heteroatoms. The molecule has 0 fully saturated rings. The van der Waals surface area contributed by atoms with Crippen LogP contribution >= 0.6 is 0 Å². The highest BCUT2D eigenvalue weighted by Crippen LogP contribution is 2.36. The predicted octanol–water partition coefficient (Wildman–Crippen LogP) is 3.02. The Morgan fingerprint density at radius 3 is 2.74 bits per heavy atom. The van der Waals surface area contributed by atoms with Crippen molar-refractivity contribution < 1.29 is 14.3 Å². The van der Waals surface area contributed by atoms with Gasteiger partial charge >= 0.3 is 5.97 Å². The van der Waals surface area contributed by atoms with E-state index in [1.807, 2.05) is 37.8 Å². The van der Waals surface area contributed by atoms with Crippen molar-refractivity contribution in [1.82, 2.24) is 4.98 Å².